The predicted molar refractivity (Wildman–Crippen MR) is 216 cm³/mol. The Morgan fingerprint density at radius 1 is 1.14 bits per heavy atom. The molecule has 2 unspecified atom stereocenters. The van der Waals surface area contributed by atoms with Crippen molar-refractivity contribution in [2.75, 3.05) is 53.6 Å². The fraction of sp³-hybridized carbons (Fsp3) is 0.439. The van der Waals surface area contributed by atoms with E-state index in [1.165, 1.54) is 30.6 Å². The van der Waals surface area contributed by atoms with Gasteiger partial charge in [-0.3, -0.25) is 19.6 Å². The monoisotopic (exact) mass is 819 g/mol. The third-order valence-electron chi connectivity index (χ3n) is 10.7. The molecule has 2 N–H and O–H groups in total. The van der Waals surface area contributed by atoms with Gasteiger partial charge in [-0.15, -0.1) is 22.9 Å². The van der Waals surface area contributed by atoms with Gasteiger partial charge in [0.15, 0.2) is 10.8 Å². The minimum absolute atomic E-state index is 0.0273. The third-order valence-corrected chi connectivity index (χ3v) is 11.8. The van der Waals surface area contributed by atoms with Gasteiger partial charge in [-0.05, 0) is 75.8 Å². The van der Waals surface area contributed by atoms with Gasteiger partial charge in [-0.25, -0.2) is 19.0 Å². The van der Waals surface area contributed by atoms with Crippen LogP contribution >= 0.6 is 22.9 Å². The maximum atomic E-state index is 14.4. The van der Waals surface area contributed by atoms with Crippen LogP contribution in [0.2, 0.25) is 0 Å². The van der Waals surface area contributed by atoms with E-state index in [1.54, 1.807) is 50.6 Å². The lowest BCUT2D eigenvalue weighted by Crippen LogP contribution is -2.54. The smallest absolute Gasteiger partial charge is 0.337 e. The van der Waals surface area contributed by atoms with Crippen molar-refractivity contribution < 1.29 is 33.0 Å². The average Bonchev–Trinajstić information content (AvgIpc) is 3.83. The first-order valence-electron chi connectivity index (χ1n) is 18.9. The zero-order valence-corrected chi connectivity index (χ0v) is 34.2. The lowest BCUT2D eigenvalue weighted by molar-refractivity contribution is -0.136. The largest absolute Gasteiger partial charge is 0.466 e. The summed E-state index contributed by atoms with van der Waals surface area (Å²) in [6.45, 7) is 8.45. The zero-order chi connectivity index (χ0) is 40.5. The van der Waals surface area contributed by atoms with E-state index < -0.39 is 34.2 Å². The molecule has 2 aliphatic carbocycles. The molecule has 4 atom stereocenters. The standard InChI is InChI=1S/C41H47ClFN7O6S/c1-40(2,24-54-4)47-36(51)25-6-11-29(12-7-25)56-30-13-9-27(10-14-30)50-22-28-21-48(17-18-49(28)39(50)53)23-32-33(38(52)55-5)34(31-15-8-26(43)20-41(31,3)42)46-35(45-32)37-44-16-19-57-37/h6-9,11-13,15-16,19-20,28,31,34H,10,14,17-18,21-24H2,1-5H3,(H,45,46)(H,47,51)/t28-,31?,34-,41?/m0/s1. The molecule has 3 amide bonds. The number of fused-ring (bicyclic) bond motifs is 1. The molecule has 0 spiro atoms. The second kappa shape index (κ2) is 16.6. The number of amides is 3. The first kappa shape index (κ1) is 40.4. The minimum Gasteiger partial charge on any atom is -0.466 e. The van der Waals surface area contributed by atoms with Crippen LogP contribution in [0.1, 0.15) is 49.0 Å². The second-order valence-corrected chi connectivity index (χ2v) is 17.2. The average molecular weight is 820 g/mol. The number of methoxy groups -OCH3 is 2. The number of urea groups is 1. The predicted octanol–water partition coefficient (Wildman–Crippen LogP) is 5.54. The number of esters is 1. The number of nitrogens with one attached hydrogen (secondary N) is 2. The van der Waals surface area contributed by atoms with Crippen molar-refractivity contribution in [2.45, 2.75) is 56.1 Å². The number of piperazine rings is 1. The normalized spacial score (nSPS) is 25.2. The van der Waals surface area contributed by atoms with Crippen LogP contribution in [0.5, 0.6) is 5.75 Å². The molecule has 3 aliphatic heterocycles. The molecule has 4 heterocycles. The van der Waals surface area contributed by atoms with E-state index in [-0.39, 0.29) is 18.0 Å². The molecule has 57 heavy (non-hydrogen) atoms. The van der Waals surface area contributed by atoms with Gasteiger partial charge in [0.05, 0.1) is 41.8 Å². The number of aliphatic imine (C=N–C) groups is 1. The van der Waals surface area contributed by atoms with Crippen LogP contribution in [0.3, 0.4) is 0 Å². The van der Waals surface area contributed by atoms with Crippen LogP contribution in [0.15, 0.2) is 99.8 Å². The molecule has 2 saturated heterocycles. The summed E-state index contributed by atoms with van der Waals surface area (Å²) in [7, 11) is 2.93. The number of nitrogens with zero attached hydrogens (tertiary/aromatic N) is 5. The lowest BCUT2D eigenvalue weighted by Gasteiger charge is -2.40. The first-order valence-corrected chi connectivity index (χ1v) is 20.1. The number of benzene rings is 1. The maximum absolute atomic E-state index is 14.4. The molecule has 2 aromatic rings. The zero-order valence-electron chi connectivity index (χ0n) is 32.6. The van der Waals surface area contributed by atoms with E-state index in [0.29, 0.717) is 85.6 Å². The van der Waals surface area contributed by atoms with Gasteiger partial charge in [0.2, 0.25) is 0 Å². The van der Waals surface area contributed by atoms with E-state index >= 15 is 0 Å². The number of thiazole rings is 1. The number of allylic oxidation sites excluding steroid dienone is 7. The molecule has 16 heteroatoms. The van der Waals surface area contributed by atoms with Crippen molar-refractivity contribution in [1.82, 2.24) is 30.3 Å². The summed E-state index contributed by atoms with van der Waals surface area (Å²) in [5.41, 5.74) is 1.87. The highest BCUT2D eigenvalue weighted by Crippen LogP contribution is 2.41. The van der Waals surface area contributed by atoms with E-state index in [2.05, 4.69) is 20.5 Å². The van der Waals surface area contributed by atoms with E-state index in [0.717, 1.165) is 11.5 Å². The van der Waals surface area contributed by atoms with Gasteiger partial charge >= 0.3 is 12.0 Å². The van der Waals surface area contributed by atoms with Crippen LogP contribution in [0.4, 0.5) is 9.18 Å². The van der Waals surface area contributed by atoms with Gasteiger partial charge in [0.25, 0.3) is 5.91 Å². The minimum atomic E-state index is -1.16. The molecule has 1 aromatic carbocycles. The van der Waals surface area contributed by atoms with Crippen LogP contribution < -0.4 is 15.4 Å². The summed E-state index contributed by atoms with van der Waals surface area (Å²) in [5, 5.41) is 8.84. The second-order valence-electron chi connectivity index (χ2n) is 15.5. The lowest BCUT2D eigenvalue weighted by atomic mass is 9.79. The van der Waals surface area contributed by atoms with Crippen LogP contribution in [-0.4, -0.2) is 119 Å². The quantitative estimate of drug-likeness (QED) is 0.209. The Morgan fingerprint density at radius 2 is 1.93 bits per heavy atom. The summed E-state index contributed by atoms with van der Waals surface area (Å²) in [6.07, 6.45) is 11.1. The van der Waals surface area contributed by atoms with E-state index in [9.17, 15) is 18.8 Å². The molecule has 7 rings (SSSR count). The summed E-state index contributed by atoms with van der Waals surface area (Å²) >= 11 is 8.31. The molecule has 5 aliphatic rings. The van der Waals surface area contributed by atoms with Gasteiger partial charge in [0.1, 0.15) is 17.3 Å². The molecular formula is C41H47ClFN7O6S. The van der Waals surface area contributed by atoms with Crippen LogP contribution in [-0.2, 0) is 14.3 Å². The number of alkyl halides is 1. The number of hydrogen-bond donors (Lipinski definition) is 2. The Morgan fingerprint density at radius 3 is 2.60 bits per heavy atom. The number of hydrogen-bond acceptors (Lipinski definition) is 11. The summed E-state index contributed by atoms with van der Waals surface area (Å²) in [4.78, 5) is 54.2. The third kappa shape index (κ3) is 8.86. The molecule has 0 saturated carbocycles. The van der Waals surface area contributed by atoms with E-state index in [1.807, 2.05) is 41.2 Å². The molecule has 0 radical (unpaired) electrons. The number of carbonyl (C=O) groups is 3. The molecular weight excluding hydrogens is 773 g/mol. The fourth-order valence-electron chi connectivity index (χ4n) is 7.92. The van der Waals surface area contributed by atoms with Crippen molar-refractivity contribution in [3.63, 3.8) is 0 Å². The van der Waals surface area contributed by atoms with E-state index in [4.69, 9.17) is 30.8 Å². The number of aromatic nitrogens is 1. The van der Waals surface area contributed by atoms with Gasteiger partial charge < -0.3 is 29.7 Å². The number of rotatable bonds is 12. The maximum Gasteiger partial charge on any atom is 0.337 e. The summed E-state index contributed by atoms with van der Waals surface area (Å²) < 4.78 is 31.0. The molecule has 2 fully saturated rings. The van der Waals surface area contributed by atoms with Crippen molar-refractivity contribution in [3.8, 4) is 5.75 Å². The van der Waals surface area contributed by atoms with Crippen LogP contribution in [0.25, 0.3) is 0 Å². The first-order chi connectivity index (χ1) is 27.2. The molecule has 302 valence electrons. The Bertz CT molecular complexity index is 2080. The Balaban J connectivity index is 1.03. The number of amidine groups is 1. The Labute approximate surface area is 340 Å². The van der Waals surface area contributed by atoms with Crippen molar-refractivity contribution in [1.29, 1.82) is 0 Å². The SMILES string of the molecule is COCC(C)(C)NC(=O)c1ccc(OC2=CC=C(N3C[C@@H]4CN(CC5=C(C(=O)OC)[C@H](C6C=CC(F)=CC6(C)Cl)N=C(c6nccs6)N5)CCN4C3=O)CC2)cc1. The summed E-state index contributed by atoms with van der Waals surface area (Å²) in [5.74, 6) is 0.128. The van der Waals surface area contributed by atoms with Crippen molar-refractivity contribution in [2.24, 2.45) is 10.9 Å². The highest BCUT2D eigenvalue weighted by molar-refractivity contribution is 7.11. The fourth-order valence-corrected chi connectivity index (χ4v) is 8.81. The Kier molecular flexibility index (Phi) is 11.7. The number of halogens is 2. The van der Waals surface area contributed by atoms with Gasteiger partial charge in [0, 0.05) is 80.7 Å². The van der Waals surface area contributed by atoms with Gasteiger partial charge in [-0.1, -0.05) is 6.08 Å². The highest BCUT2D eigenvalue weighted by Gasteiger charge is 2.46. The summed E-state index contributed by atoms with van der Waals surface area (Å²) in [6, 6.07) is 6.13. The van der Waals surface area contributed by atoms with Crippen molar-refractivity contribution >= 4 is 46.7 Å². The molecule has 13 nitrogen and oxygen atoms in total. The van der Waals surface area contributed by atoms with Crippen LogP contribution in [0, 0.1) is 5.92 Å². The topological polar surface area (TPSA) is 138 Å². The number of ether oxygens (including phenoxy) is 3. The molecule has 1 aromatic heterocycles. The highest BCUT2D eigenvalue weighted by atomic mass is 35.5. The Hall–Kier alpha value is -4.83. The molecule has 0 bridgehead atoms. The number of carbonyl (C=O) groups excluding carboxylic acids is 3. The van der Waals surface area contributed by atoms with Gasteiger partial charge in [-0.2, -0.15) is 0 Å². The van der Waals surface area contributed by atoms with Crippen molar-refractivity contribution in [3.05, 3.63) is 105 Å².